The van der Waals surface area contributed by atoms with E-state index in [1.165, 1.54) is 4.90 Å². The Hall–Kier alpha value is -2.83. The quantitative estimate of drug-likeness (QED) is 0.296. The van der Waals surface area contributed by atoms with Gasteiger partial charge in [0.25, 0.3) is 0 Å². The molecule has 4 unspecified atom stereocenters. The summed E-state index contributed by atoms with van der Waals surface area (Å²) in [6, 6.07) is 7.97. The van der Waals surface area contributed by atoms with Crippen molar-refractivity contribution in [2.24, 2.45) is 28.7 Å². The molecule has 4 rings (SSSR count). The van der Waals surface area contributed by atoms with Crippen LogP contribution in [0.4, 0.5) is 0 Å². The molecule has 0 radical (unpaired) electrons. The third-order valence-corrected chi connectivity index (χ3v) is 6.24. The van der Waals surface area contributed by atoms with Crippen LogP contribution < -0.4 is 15.4 Å². The van der Waals surface area contributed by atoms with Crippen molar-refractivity contribution >= 4 is 17.8 Å². The number of carbonyl (C=O) groups excluding carboxylic acids is 2. The summed E-state index contributed by atoms with van der Waals surface area (Å²) in [7, 11) is 1.70. The maximum absolute atomic E-state index is 12.7. The second kappa shape index (κ2) is 8.90. The molecule has 1 saturated heterocycles. The van der Waals surface area contributed by atoms with E-state index in [9.17, 15) is 9.59 Å². The molecule has 1 aromatic rings. The van der Waals surface area contributed by atoms with Gasteiger partial charge in [-0.3, -0.25) is 19.5 Å². The van der Waals surface area contributed by atoms with Gasteiger partial charge in [0, 0.05) is 26.7 Å². The number of hydrogen-bond acceptors (Lipinski definition) is 4. The fourth-order valence-electron chi connectivity index (χ4n) is 4.84. The van der Waals surface area contributed by atoms with Crippen LogP contribution in [0.1, 0.15) is 25.3 Å². The van der Waals surface area contributed by atoms with Gasteiger partial charge < -0.3 is 15.4 Å². The monoisotopic (exact) mass is 410 g/mol. The van der Waals surface area contributed by atoms with E-state index in [1.54, 1.807) is 7.05 Å². The van der Waals surface area contributed by atoms with Crippen molar-refractivity contribution in [3.05, 3.63) is 42.0 Å². The number of amides is 2. The summed E-state index contributed by atoms with van der Waals surface area (Å²) < 4.78 is 5.67. The van der Waals surface area contributed by atoms with Crippen molar-refractivity contribution in [1.29, 1.82) is 0 Å². The number of imide groups is 1. The summed E-state index contributed by atoms with van der Waals surface area (Å²) in [4.78, 5) is 31.1. The van der Waals surface area contributed by atoms with E-state index >= 15 is 0 Å². The number of carbonyl (C=O) groups is 2. The van der Waals surface area contributed by atoms with E-state index in [0.29, 0.717) is 32.2 Å². The lowest BCUT2D eigenvalue weighted by Crippen LogP contribution is -2.43. The zero-order valence-corrected chi connectivity index (χ0v) is 17.6. The number of hydrogen-bond donors (Lipinski definition) is 2. The van der Waals surface area contributed by atoms with Gasteiger partial charge in [-0.15, -0.1) is 0 Å². The molecule has 1 aromatic carbocycles. The van der Waals surface area contributed by atoms with Gasteiger partial charge in [0.1, 0.15) is 5.75 Å². The zero-order chi connectivity index (χ0) is 21.1. The lowest BCUT2D eigenvalue weighted by atomic mass is 9.85. The number of guanidine groups is 1. The van der Waals surface area contributed by atoms with E-state index in [1.807, 2.05) is 24.3 Å². The molecule has 1 heterocycles. The fraction of sp³-hybridized carbons (Fsp3) is 0.522. The molecular formula is C23H30N4O3. The predicted molar refractivity (Wildman–Crippen MR) is 115 cm³/mol. The Labute approximate surface area is 177 Å². The van der Waals surface area contributed by atoms with Gasteiger partial charge in [-0.05, 0) is 42.4 Å². The number of likely N-dealkylation sites (tertiary alicyclic amines) is 1. The molecule has 2 amide bonds. The molecule has 0 aromatic heterocycles. The molecule has 2 N–H and O–H groups in total. The van der Waals surface area contributed by atoms with Crippen molar-refractivity contribution in [2.75, 3.05) is 26.7 Å². The second-order valence-electron chi connectivity index (χ2n) is 8.18. The minimum Gasteiger partial charge on any atom is -0.494 e. The Balaban J connectivity index is 1.25. The van der Waals surface area contributed by atoms with Crippen LogP contribution in [0.25, 0.3) is 0 Å². The highest BCUT2D eigenvalue weighted by Crippen LogP contribution is 2.52. The molecule has 1 aliphatic heterocycles. The normalized spacial score (nSPS) is 27.0. The first kappa shape index (κ1) is 20.4. The number of aliphatic imine (C=N–C) groups is 1. The van der Waals surface area contributed by atoms with Crippen LogP contribution in [0.5, 0.6) is 5.75 Å². The van der Waals surface area contributed by atoms with Crippen molar-refractivity contribution in [1.82, 2.24) is 15.5 Å². The van der Waals surface area contributed by atoms with E-state index < -0.39 is 0 Å². The van der Waals surface area contributed by atoms with Crippen LogP contribution in [0.3, 0.4) is 0 Å². The SMILES string of the molecule is CCCOc1cccc(CNC(=NC)NCCN2C(=O)C3C4C=CC(C4)C3C2=O)c1. The number of benzene rings is 1. The maximum Gasteiger partial charge on any atom is 0.233 e. The molecule has 2 bridgehead atoms. The molecule has 7 nitrogen and oxygen atoms in total. The van der Waals surface area contributed by atoms with Gasteiger partial charge in [-0.1, -0.05) is 31.2 Å². The highest BCUT2D eigenvalue weighted by Gasteiger charge is 2.58. The average Bonchev–Trinajstić information content (AvgIpc) is 3.44. The average molecular weight is 411 g/mol. The number of ether oxygens (including phenoxy) is 1. The molecule has 1 saturated carbocycles. The Bertz CT molecular complexity index is 836. The third-order valence-electron chi connectivity index (χ3n) is 6.24. The summed E-state index contributed by atoms with van der Waals surface area (Å²) in [5.41, 5.74) is 1.09. The molecule has 7 heteroatoms. The van der Waals surface area contributed by atoms with Crippen LogP contribution in [0.15, 0.2) is 41.4 Å². The lowest BCUT2D eigenvalue weighted by Gasteiger charge is -2.18. The first-order valence-corrected chi connectivity index (χ1v) is 10.8. The minimum atomic E-state index is -0.132. The van der Waals surface area contributed by atoms with Crippen LogP contribution in [0.2, 0.25) is 0 Å². The number of fused-ring (bicyclic) bond motifs is 5. The largest absolute Gasteiger partial charge is 0.494 e. The predicted octanol–water partition coefficient (Wildman–Crippen LogP) is 1.95. The third kappa shape index (κ3) is 3.93. The lowest BCUT2D eigenvalue weighted by molar-refractivity contribution is -0.140. The van der Waals surface area contributed by atoms with Gasteiger partial charge in [-0.25, -0.2) is 0 Å². The number of nitrogens with zero attached hydrogens (tertiary/aromatic N) is 2. The Morgan fingerprint density at radius 3 is 2.57 bits per heavy atom. The smallest absolute Gasteiger partial charge is 0.233 e. The van der Waals surface area contributed by atoms with Gasteiger partial charge in [-0.2, -0.15) is 0 Å². The molecule has 3 aliphatic rings. The summed E-state index contributed by atoms with van der Waals surface area (Å²) in [6.45, 7) is 4.22. The van der Waals surface area contributed by atoms with E-state index in [2.05, 4.69) is 34.7 Å². The van der Waals surface area contributed by atoms with E-state index in [0.717, 1.165) is 24.2 Å². The number of rotatable bonds is 8. The van der Waals surface area contributed by atoms with Crippen LogP contribution >= 0.6 is 0 Å². The zero-order valence-electron chi connectivity index (χ0n) is 17.6. The van der Waals surface area contributed by atoms with Crippen molar-refractivity contribution < 1.29 is 14.3 Å². The highest BCUT2D eigenvalue weighted by molar-refractivity contribution is 6.06. The molecule has 30 heavy (non-hydrogen) atoms. The highest BCUT2D eigenvalue weighted by atomic mass is 16.5. The molecular weight excluding hydrogens is 380 g/mol. The summed E-state index contributed by atoms with van der Waals surface area (Å²) in [5.74, 6) is 1.72. The van der Waals surface area contributed by atoms with Crippen LogP contribution in [-0.2, 0) is 16.1 Å². The Kier molecular flexibility index (Phi) is 6.06. The van der Waals surface area contributed by atoms with Crippen LogP contribution in [-0.4, -0.2) is 49.4 Å². The van der Waals surface area contributed by atoms with Gasteiger partial charge in [0.05, 0.1) is 18.4 Å². The first-order valence-electron chi connectivity index (χ1n) is 10.8. The fourth-order valence-corrected chi connectivity index (χ4v) is 4.84. The van der Waals surface area contributed by atoms with Crippen molar-refractivity contribution in [3.8, 4) is 5.75 Å². The van der Waals surface area contributed by atoms with Gasteiger partial charge in [0.15, 0.2) is 5.96 Å². The second-order valence-corrected chi connectivity index (χ2v) is 8.18. The molecule has 0 spiro atoms. The molecule has 2 aliphatic carbocycles. The standard InChI is InChI=1S/C23H30N4O3/c1-3-11-30-18-6-4-5-15(12-18)14-26-23(24-2)25-9-10-27-21(28)19-16-7-8-17(13-16)20(19)22(27)29/h4-8,12,16-17,19-20H,3,9-11,13-14H2,1-2H3,(H2,24,25,26). The Morgan fingerprint density at radius 2 is 1.90 bits per heavy atom. The van der Waals surface area contributed by atoms with Crippen molar-refractivity contribution in [2.45, 2.75) is 26.3 Å². The maximum atomic E-state index is 12.7. The topological polar surface area (TPSA) is 83.0 Å². The number of allylic oxidation sites excluding steroid dienone is 2. The number of nitrogens with one attached hydrogen (secondary N) is 2. The van der Waals surface area contributed by atoms with Crippen molar-refractivity contribution in [3.63, 3.8) is 0 Å². The first-order chi connectivity index (χ1) is 14.6. The van der Waals surface area contributed by atoms with Crippen LogP contribution in [0, 0.1) is 23.7 Å². The molecule has 2 fully saturated rings. The molecule has 4 atom stereocenters. The summed E-state index contributed by atoms with van der Waals surface area (Å²) in [5, 5.41) is 6.47. The van der Waals surface area contributed by atoms with E-state index in [-0.39, 0.29) is 35.5 Å². The minimum absolute atomic E-state index is 0.00418. The Morgan fingerprint density at radius 1 is 1.17 bits per heavy atom. The van der Waals surface area contributed by atoms with Gasteiger partial charge >= 0.3 is 0 Å². The van der Waals surface area contributed by atoms with E-state index in [4.69, 9.17) is 4.74 Å². The van der Waals surface area contributed by atoms with Gasteiger partial charge in [0.2, 0.25) is 11.8 Å². The molecule has 160 valence electrons. The summed E-state index contributed by atoms with van der Waals surface area (Å²) in [6.07, 6.45) is 6.17. The summed E-state index contributed by atoms with van der Waals surface area (Å²) >= 11 is 0.